The Morgan fingerprint density at radius 2 is 1.94 bits per heavy atom. The minimum Gasteiger partial charge on any atom is -0.497 e. The van der Waals surface area contributed by atoms with E-state index in [2.05, 4.69) is 15.3 Å². The SMILES string of the molecule is COc1ccc(C(=O)Nc2nccc(C)n2)cc1. The van der Waals surface area contributed by atoms with Crippen molar-refractivity contribution < 1.29 is 9.53 Å². The first-order chi connectivity index (χ1) is 8.69. The number of carbonyl (C=O) groups excluding carboxylic acids is 1. The minimum atomic E-state index is -0.247. The van der Waals surface area contributed by atoms with Crippen molar-refractivity contribution in [1.82, 2.24) is 9.97 Å². The van der Waals surface area contributed by atoms with E-state index in [-0.39, 0.29) is 5.91 Å². The summed E-state index contributed by atoms with van der Waals surface area (Å²) in [7, 11) is 1.58. The molecule has 1 N–H and O–H groups in total. The number of hydrogen-bond donors (Lipinski definition) is 1. The van der Waals surface area contributed by atoms with E-state index < -0.39 is 0 Å². The van der Waals surface area contributed by atoms with Crippen LogP contribution in [0.3, 0.4) is 0 Å². The first-order valence-corrected chi connectivity index (χ1v) is 5.44. The van der Waals surface area contributed by atoms with Crippen LogP contribution in [0.1, 0.15) is 16.1 Å². The van der Waals surface area contributed by atoms with Crippen molar-refractivity contribution in [2.24, 2.45) is 0 Å². The van der Waals surface area contributed by atoms with E-state index in [1.807, 2.05) is 6.92 Å². The summed E-state index contributed by atoms with van der Waals surface area (Å²) in [6, 6.07) is 8.59. The first kappa shape index (κ1) is 12.0. The molecule has 0 bridgehead atoms. The molecule has 1 aromatic heterocycles. The van der Waals surface area contributed by atoms with Gasteiger partial charge in [-0.1, -0.05) is 0 Å². The lowest BCUT2D eigenvalue weighted by Crippen LogP contribution is -2.14. The summed E-state index contributed by atoms with van der Waals surface area (Å²) in [6.45, 7) is 1.84. The summed E-state index contributed by atoms with van der Waals surface area (Å²) in [4.78, 5) is 20.0. The summed E-state index contributed by atoms with van der Waals surface area (Å²) >= 11 is 0. The topological polar surface area (TPSA) is 64.1 Å². The van der Waals surface area contributed by atoms with Gasteiger partial charge in [0.15, 0.2) is 0 Å². The lowest BCUT2D eigenvalue weighted by molar-refractivity contribution is 0.102. The third kappa shape index (κ3) is 2.82. The Morgan fingerprint density at radius 3 is 2.56 bits per heavy atom. The van der Waals surface area contributed by atoms with Crippen molar-refractivity contribution in [3.05, 3.63) is 47.8 Å². The molecule has 1 amide bonds. The third-order valence-corrected chi connectivity index (χ3v) is 2.37. The minimum absolute atomic E-state index is 0.247. The molecule has 2 aromatic rings. The Bertz CT molecular complexity index is 552. The fourth-order valence-electron chi connectivity index (χ4n) is 1.43. The van der Waals surface area contributed by atoms with Crippen LogP contribution in [0.25, 0.3) is 0 Å². The average molecular weight is 243 g/mol. The molecule has 2 rings (SSSR count). The van der Waals surface area contributed by atoms with E-state index in [9.17, 15) is 4.79 Å². The fourth-order valence-corrected chi connectivity index (χ4v) is 1.43. The summed E-state index contributed by atoms with van der Waals surface area (Å²) in [6.07, 6.45) is 1.60. The largest absolute Gasteiger partial charge is 0.497 e. The van der Waals surface area contributed by atoms with Crippen LogP contribution >= 0.6 is 0 Å². The summed E-state index contributed by atoms with van der Waals surface area (Å²) in [5, 5.41) is 2.63. The maximum Gasteiger partial charge on any atom is 0.258 e. The number of aryl methyl sites for hydroxylation is 1. The zero-order valence-corrected chi connectivity index (χ0v) is 10.2. The lowest BCUT2D eigenvalue weighted by Gasteiger charge is -2.05. The molecule has 0 saturated carbocycles. The second-order valence-corrected chi connectivity index (χ2v) is 3.70. The number of carbonyl (C=O) groups is 1. The molecule has 0 atom stereocenters. The van der Waals surface area contributed by atoms with Gasteiger partial charge in [0.25, 0.3) is 5.91 Å². The quantitative estimate of drug-likeness (QED) is 0.896. The Morgan fingerprint density at radius 1 is 1.22 bits per heavy atom. The standard InChI is InChI=1S/C13H13N3O2/c1-9-7-8-14-13(15-9)16-12(17)10-3-5-11(18-2)6-4-10/h3-8H,1-2H3,(H,14,15,16,17). The number of anilines is 1. The molecule has 0 radical (unpaired) electrons. The lowest BCUT2D eigenvalue weighted by atomic mass is 10.2. The second kappa shape index (κ2) is 5.27. The van der Waals surface area contributed by atoms with Crippen LogP contribution in [0.5, 0.6) is 5.75 Å². The second-order valence-electron chi connectivity index (χ2n) is 3.70. The highest BCUT2D eigenvalue weighted by Crippen LogP contribution is 2.12. The Labute approximate surface area is 105 Å². The third-order valence-electron chi connectivity index (χ3n) is 2.37. The molecule has 0 aliphatic heterocycles. The predicted molar refractivity (Wildman–Crippen MR) is 67.7 cm³/mol. The van der Waals surface area contributed by atoms with Crippen LogP contribution in [0, 0.1) is 6.92 Å². The van der Waals surface area contributed by atoms with Gasteiger partial charge in [-0.25, -0.2) is 9.97 Å². The van der Waals surface area contributed by atoms with Gasteiger partial charge in [0.1, 0.15) is 5.75 Å². The van der Waals surface area contributed by atoms with Gasteiger partial charge in [-0.3, -0.25) is 10.1 Å². The van der Waals surface area contributed by atoms with Gasteiger partial charge in [-0.2, -0.15) is 0 Å². The highest BCUT2D eigenvalue weighted by molar-refractivity contribution is 6.03. The zero-order chi connectivity index (χ0) is 13.0. The molecule has 0 aliphatic carbocycles. The Balaban J connectivity index is 2.11. The van der Waals surface area contributed by atoms with Gasteiger partial charge in [0, 0.05) is 17.5 Å². The molecule has 5 nitrogen and oxygen atoms in total. The van der Waals surface area contributed by atoms with E-state index >= 15 is 0 Å². The molecule has 1 heterocycles. The summed E-state index contributed by atoms with van der Waals surface area (Å²) < 4.78 is 5.03. The number of ether oxygens (including phenoxy) is 1. The first-order valence-electron chi connectivity index (χ1n) is 5.44. The maximum absolute atomic E-state index is 11.9. The van der Waals surface area contributed by atoms with Crippen LogP contribution < -0.4 is 10.1 Å². The molecule has 0 saturated heterocycles. The molecule has 92 valence electrons. The fraction of sp³-hybridized carbons (Fsp3) is 0.154. The van der Waals surface area contributed by atoms with Gasteiger partial charge >= 0.3 is 0 Å². The number of rotatable bonds is 3. The molecule has 0 spiro atoms. The summed E-state index contributed by atoms with van der Waals surface area (Å²) in [5.74, 6) is 0.762. The number of nitrogens with one attached hydrogen (secondary N) is 1. The van der Waals surface area contributed by atoms with Gasteiger partial charge in [-0.05, 0) is 37.3 Å². The van der Waals surface area contributed by atoms with E-state index in [0.29, 0.717) is 17.3 Å². The number of hydrogen-bond acceptors (Lipinski definition) is 4. The van der Waals surface area contributed by atoms with Crippen LogP contribution in [-0.4, -0.2) is 23.0 Å². The number of nitrogens with zero attached hydrogens (tertiary/aromatic N) is 2. The van der Waals surface area contributed by atoms with Gasteiger partial charge in [0.2, 0.25) is 5.95 Å². The van der Waals surface area contributed by atoms with E-state index in [0.717, 1.165) is 5.69 Å². The molecule has 5 heteroatoms. The molecule has 0 fully saturated rings. The molecule has 1 aromatic carbocycles. The highest BCUT2D eigenvalue weighted by atomic mass is 16.5. The maximum atomic E-state index is 11.9. The van der Waals surface area contributed by atoms with Crippen molar-refractivity contribution in [2.45, 2.75) is 6.92 Å². The Kier molecular flexibility index (Phi) is 3.52. The molecule has 0 aliphatic rings. The van der Waals surface area contributed by atoms with Crippen molar-refractivity contribution in [2.75, 3.05) is 12.4 Å². The van der Waals surface area contributed by atoms with Gasteiger partial charge < -0.3 is 4.74 Å². The van der Waals surface area contributed by atoms with Crippen LogP contribution in [0.4, 0.5) is 5.95 Å². The number of amides is 1. The Hall–Kier alpha value is -2.43. The molecular formula is C13H13N3O2. The van der Waals surface area contributed by atoms with Gasteiger partial charge in [-0.15, -0.1) is 0 Å². The van der Waals surface area contributed by atoms with Crippen molar-refractivity contribution in [1.29, 1.82) is 0 Å². The van der Waals surface area contributed by atoms with E-state index in [1.165, 1.54) is 0 Å². The molecular weight excluding hydrogens is 230 g/mol. The van der Waals surface area contributed by atoms with E-state index in [4.69, 9.17) is 4.74 Å². The van der Waals surface area contributed by atoms with Crippen molar-refractivity contribution >= 4 is 11.9 Å². The van der Waals surface area contributed by atoms with Crippen LogP contribution in [0.15, 0.2) is 36.5 Å². The van der Waals surface area contributed by atoms with Crippen molar-refractivity contribution in [3.8, 4) is 5.75 Å². The van der Waals surface area contributed by atoms with Crippen LogP contribution in [0.2, 0.25) is 0 Å². The molecule has 18 heavy (non-hydrogen) atoms. The predicted octanol–water partition coefficient (Wildman–Crippen LogP) is 2.05. The molecule has 0 unspecified atom stereocenters. The monoisotopic (exact) mass is 243 g/mol. The number of benzene rings is 1. The number of methoxy groups -OCH3 is 1. The smallest absolute Gasteiger partial charge is 0.258 e. The van der Waals surface area contributed by atoms with E-state index in [1.54, 1.807) is 43.6 Å². The highest BCUT2D eigenvalue weighted by Gasteiger charge is 2.07. The normalized spacial score (nSPS) is 9.89. The zero-order valence-electron chi connectivity index (χ0n) is 10.2. The van der Waals surface area contributed by atoms with Crippen molar-refractivity contribution in [3.63, 3.8) is 0 Å². The number of aromatic nitrogens is 2. The summed E-state index contributed by atoms with van der Waals surface area (Å²) in [5.41, 5.74) is 1.33. The van der Waals surface area contributed by atoms with Gasteiger partial charge in [0.05, 0.1) is 7.11 Å². The average Bonchev–Trinajstić information content (AvgIpc) is 2.39. The van der Waals surface area contributed by atoms with Crippen LogP contribution in [-0.2, 0) is 0 Å².